The Hall–Kier alpha value is -1.49. The van der Waals surface area contributed by atoms with E-state index in [4.69, 9.17) is 5.11 Å². The molecule has 0 atom stereocenters. The van der Waals surface area contributed by atoms with Crippen LogP contribution in [0.25, 0.3) is 0 Å². The number of nitrogens with one attached hydrogen (secondary N) is 1. The molecule has 1 aromatic carbocycles. The molecule has 1 aliphatic rings. The molecule has 1 aromatic rings. The normalized spacial score (nSPS) is 16.2. The minimum absolute atomic E-state index is 0.0641. The second kappa shape index (κ2) is 8.08. The summed E-state index contributed by atoms with van der Waals surface area (Å²) in [5, 5.41) is 11.9. The van der Waals surface area contributed by atoms with Gasteiger partial charge in [-0.2, -0.15) is 0 Å². The van der Waals surface area contributed by atoms with Crippen molar-refractivity contribution in [3.8, 4) is 0 Å². The Kier molecular flexibility index (Phi) is 6.11. The quantitative estimate of drug-likeness (QED) is 0.647. The maximum Gasteiger partial charge on any atom is 0.335 e. The van der Waals surface area contributed by atoms with E-state index in [1.807, 2.05) is 0 Å². The molecule has 1 amide bonds. The number of benzene rings is 1. The first-order chi connectivity index (χ1) is 10.1. The molecular formula is C16H21NO3S. The van der Waals surface area contributed by atoms with Crippen LogP contribution in [0.5, 0.6) is 0 Å². The summed E-state index contributed by atoms with van der Waals surface area (Å²) in [7, 11) is 0. The van der Waals surface area contributed by atoms with Crippen molar-refractivity contribution in [1.82, 2.24) is 5.32 Å². The van der Waals surface area contributed by atoms with E-state index in [0.29, 0.717) is 11.8 Å². The van der Waals surface area contributed by atoms with Gasteiger partial charge >= 0.3 is 5.97 Å². The number of carbonyl (C=O) groups excluding carboxylic acids is 1. The molecule has 0 bridgehead atoms. The van der Waals surface area contributed by atoms with Crippen molar-refractivity contribution in [1.29, 1.82) is 0 Å². The van der Waals surface area contributed by atoms with Crippen molar-refractivity contribution >= 4 is 23.6 Å². The van der Waals surface area contributed by atoms with Gasteiger partial charge in [-0.25, -0.2) is 4.79 Å². The van der Waals surface area contributed by atoms with Crippen molar-refractivity contribution in [3.05, 3.63) is 29.8 Å². The minimum atomic E-state index is -0.933. The van der Waals surface area contributed by atoms with Gasteiger partial charge in [0.2, 0.25) is 5.91 Å². The third kappa shape index (κ3) is 5.42. The summed E-state index contributed by atoms with van der Waals surface area (Å²) < 4.78 is 0. The Balaban J connectivity index is 1.76. The van der Waals surface area contributed by atoms with Crippen LogP contribution in [-0.2, 0) is 4.79 Å². The Morgan fingerprint density at radius 2 is 1.71 bits per heavy atom. The highest BCUT2D eigenvalue weighted by Gasteiger charge is 2.14. The van der Waals surface area contributed by atoms with Crippen LogP contribution in [0.2, 0.25) is 0 Å². The summed E-state index contributed by atoms with van der Waals surface area (Å²) in [5.41, 5.74) is 0.266. The highest BCUT2D eigenvalue weighted by molar-refractivity contribution is 8.00. The lowest BCUT2D eigenvalue weighted by Gasteiger charge is -2.15. The molecule has 2 N–H and O–H groups in total. The van der Waals surface area contributed by atoms with E-state index in [-0.39, 0.29) is 11.5 Å². The molecule has 4 nitrogen and oxygen atoms in total. The van der Waals surface area contributed by atoms with E-state index in [9.17, 15) is 9.59 Å². The molecule has 1 aliphatic carbocycles. The van der Waals surface area contributed by atoms with Gasteiger partial charge < -0.3 is 10.4 Å². The molecule has 0 heterocycles. The molecule has 5 heteroatoms. The van der Waals surface area contributed by atoms with E-state index in [1.165, 1.54) is 37.4 Å². The van der Waals surface area contributed by atoms with Gasteiger partial charge in [-0.05, 0) is 37.1 Å². The lowest BCUT2D eigenvalue weighted by molar-refractivity contribution is -0.119. The van der Waals surface area contributed by atoms with Gasteiger partial charge in [0.25, 0.3) is 0 Å². The second-order valence-corrected chi connectivity index (χ2v) is 6.42. The lowest BCUT2D eigenvalue weighted by Crippen LogP contribution is -2.35. The van der Waals surface area contributed by atoms with Crippen molar-refractivity contribution in [2.75, 3.05) is 5.75 Å². The third-order valence-electron chi connectivity index (χ3n) is 3.69. The van der Waals surface area contributed by atoms with Crippen LogP contribution >= 0.6 is 11.8 Å². The molecule has 0 spiro atoms. The first-order valence-corrected chi connectivity index (χ1v) is 8.39. The van der Waals surface area contributed by atoms with Crippen molar-refractivity contribution in [3.63, 3.8) is 0 Å². The third-order valence-corrected chi connectivity index (χ3v) is 4.70. The molecule has 1 saturated carbocycles. The fourth-order valence-corrected chi connectivity index (χ4v) is 3.25. The Bertz CT molecular complexity index is 479. The van der Waals surface area contributed by atoms with Crippen LogP contribution in [-0.4, -0.2) is 28.8 Å². The molecule has 0 radical (unpaired) electrons. The largest absolute Gasteiger partial charge is 0.478 e. The highest BCUT2D eigenvalue weighted by Crippen LogP contribution is 2.20. The van der Waals surface area contributed by atoms with Crippen molar-refractivity contribution in [2.24, 2.45) is 0 Å². The van der Waals surface area contributed by atoms with E-state index in [2.05, 4.69) is 5.32 Å². The molecule has 114 valence electrons. The van der Waals surface area contributed by atoms with Crippen LogP contribution in [0.4, 0.5) is 0 Å². The SMILES string of the molecule is O=C(CSc1ccc(C(=O)O)cc1)NC1CCCCCC1. The second-order valence-electron chi connectivity index (χ2n) is 5.37. The van der Waals surface area contributed by atoms with Crippen LogP contribution in [0.15, 0.2) is 29.2 Å². The zero-order valence-corrected chi connectivity index (χ0v) is 12.8. The first-order valence-electron chi connectivity index (χ1n) is 7.40. The van der Waals surface area contributed by atoms with Crippen LogP contribution < -0.4 is 5.32 Å². The molecule has 1 fully saturated rings. The predicted molar refractivity (Wildman–Crippen MR) is 83.8 cm³/mol. The number of carboxylic acids is 1. The summed E-state index contributed by atoms with van der Waals surface area (Å²) in [5.74, 6) is -0.491. The van der Waals surface area contributed by atoms with Crippen LogP contribution in [0, 0.1) is 0 Å². The van der Waals surface area contributed by atoms with Crippen molar-refractivity contribution < 1.29 is 14.7 Å². The molecule has 0 aliphatic heterocycles. The monoisotopic (exact) mass is 307 g/mol. The highest BCUT2D eigenvalue weighted by atomic mass is 32.2. The number of hydrogen-bond acceptors (Lipinski definition) is 3. The Morgan fingerprint density at radius 1 is 1.10 bits per heavy atom. The maximum atomic E-state index is 11.9. The van der Waals surface area contributed by atoms with Gasteiger partial charge in [0, 0.05) is 10.9 Å². The first kappa shape index (κ1) is 15.9. The smallest absolute Gasteiger partial charge is 0.335 e. The average Bonchev–Trinajstić information content (AvgIpc) is 2.74. The summed E-state index contributed by atoms with van der Waals surface area (Å²) in [6, 6.07) is 6.94. The number of carbonyl (C=O) groups is 2. The molecule has 0 saturated heterocycles. The van der Waals surface area contributed by atoms with E-state index < -0.39 is 5.97 Å². The van der Waals surface area contributed by atoms with Crippen LogP contribution in [0.3, 0.4) is 0 Å². The average molecular weight is 307 g/mol. The lowest BCUT2D eigenvalue weighted by atomic mass is 10.1. The summed E-state index contributed by atoms with van der Waals surface area (Å²) >= 11 is 1.44. The molecule has 0 aromatic heterocycles. The number of thioether (sulfide) groups is 1. The van der Waals surface area contributed by atoms with Crippen molar-refractivity contribution in [2.45, 2.75) is 49.5 Å². The van der Waals surface area contributed by atoms with Gasteiger partial charge in [-0.1, -0.05) is 25.7 Å². The number of hydrogen-bond donors (Lipinski definition) is 2. The van der Waals surface area contributed by atoms with Gasteiger partial charge in [-0.3, -0.25) is 4.79 Å². The number of amides is 1. The van der Waals surface area contributed by atoms with Gasteiger partial charge in [0.05, 0.1) is 11.3 Å². The summed E-state index contributed by atoms with van der Waals surface area (Å²) in [6.45, 7) is 0. The number of rotatable bonds is 5. The van der Waals surface area contributed by atoms with E-state index >= 15 is 0 Å². The Labute approximate surface area is 129 Å². The molecule has 0 unspecified atom stereocenters. The zero-order chi connectivity index (χ0) is 15.1. The van der Waals surface area contributed by atoms with Gasteiger partial charge in [-0.15, -0.1) is 11.8 Å². The summed E-state index contributed by atoms with van der Waals surface area (Å²) in [4.78, 5) is 23.6. The molecule has 21 heavy (non-hydrogen) atoms. The standard InChI is InChI=1S/C16H21NO3S/c18-15(17-13-5-3-1-2-4-6-13)11-21-14-9-7-12(8-10-14)16(19)20/h7-10,13H,1-6,11H2,(H,17,18)(H,19,20). The number of carboxylic acid groups (broad SMARTS) is 1. The number of aromatic carboxylic acids is 1. The fraction of sp³-hybridized carbons (Fsp3) is 0.500. The molecular weight excluding hydrogens is 286 g/mol. The van der Waals surface area contributed by atoms with Gasteiger partial charge in [0.15, 0.2) is 0 Å². The summed E-state index contributed by atoms with van der Waals surface area (Å²) in [6.07, 6.45) is 7.13. The zero-order valence-electron chi connectivity index (χ0n) is 12.0. The topological polar surface area (TPSA) is 66.4 Å². The molecule has 2 rings (SSSR count). The minimum Gasteiger partial charge on any atom is -0.478 e. The fourth-order valence-electron chi connectivity index (χ4n) is 2.54. The van der Waals surface area contributed by atoms with Crippen LogP contribution in [0.1, 0.15) is 48.9 Å². The van der Waals surface area contributed by atoms with E-state index in [1.54, 1.807) is 24.3 Å². The Morgan fingerprint density at radius 3 is 2.29 bits per heavy atom. The maximum absolute atomic E-state index is 11.9. The predicted octanol–water partition coefficient (Wildman–Crippen LogP) is 3.32. The van der Waals surface area contributed by atoms with Gasteiger partial charge in [0.1, 0.15) is 0 Å². The van der Waals surface area contributed by atoms with E-state index in [0.717, 1.165) is 17.7 Å².